The van der Waals surface area contributed by atoms with Crippen LogP contribution in [0.15, 0.2) is 42.5 Å². The van der Waals surface area contributed by atoms with E-state index in [1.807, 2.05) is 12.1 Å². The normalized spacial score (nSPS) is 21.8. The summed E-state index contributed by atoms with van der Waals surface area (Å²) in [6, 6.07) is 12.0. The van der Waals surface area contributed by atoms with E-state index in [9.17, 15) is 15.3 Å². The van der Waals surface area contributed by atoms with E-state index in [-0.39, 0.29) is 17.2 Å². The molecule has 1 fully saturated rings. The molecule has 1 heterocycles. The maximum absolute atomic E-state index is 9.48. The number of rotatable bonds is 2. The fourth-order valence-corrected chi connectivity index (χ4v) is 4.47. The molecule has 0 spiro atoms. The zero-order valence-electron chi connectivity index (χ0n) is 9.45. The zero-order chi connectivity index (χ0) is 12.7. The van der Waals surface area contributed by atoms with Crippen LogP contribution in [0.1, 0.15) is 20.8 Å². The third-order valence-corrected chi connectivity index (χ3v) is 5.82. The molecule has 3 rings (SSSR count). The van der Waals surface area contributed by atoms with Crippen molar-refractivity contribution in [1.82, 2.24) is 0 Å². The molecule has 0 aromatic heterocycles. The Morgan fingerprint density at radius 1 is 0.667 bits per heavy atom. The van der Waals surface area contributed by atoms with Crippen molar-refractivity contribution in [2.24, 2.45) is 0 Å². The molecule has 3 N–H and O–H groups in total. The summed E-state index contributed by atoms with van der Waals surface area (Å²) in [5.41, 5.74) is 2.20. The van der Waals surface area contributed by atoms with Gasteiger partial charge in [-0.3, -0.25) is 0 Å². The Hall–Kier alpha value is -1.64. The van der Waals surface area contributed by atoms with Crippen molar-refractivity contribution in [3.05, 3.63) is 53.6 Å². The summed E-state index contributed by atoms with van der Waals surface area (Å²) in [6.45, 7) is 0. The molecule has 3 nitrogen and oxygen atoms in total. The van der Waals surface area contributed by atoms with E-state index in [0.717, 1.165) is 5.56 Å². The summed E-state index contributed by atoms with van der Waals surface area (Å²) in [6.07, 6.45) is 0. The van der Waals surface area contributed by atoms with Gasteiger partial charge in [-0.1, -0.05) is 0 Å². The molecule has 0 amide bonds. The van der Waals surface area contributed by atoms with Crippen molar-refractivity contribution in [2.75, 3.05) is 0 Å². The minimum absolute atomic E-state index is 0.108. The predicted octanol–water partition coefficient (Wildman–Crippen LogP) is 2.30. The Balaban J connectivity index is 1.83. The zero-order valence-corrected chi connectivity index (χ0v) is 11.2. The summed E-state index contributed by atoms with van der Waals surface area (Å²) in [5.74, 6) is 0.493. The first kappa shape index (κ1) is 11.4. The summed E-state index contributed by atoms with van der Waals surface area (Å²) in [4.78, 5) is 0.874. The number of phenols is 3. The van der Waals surface area contributed by atoms with Crippen molar-refractivity contribution in [1.29, 1.82) is 0 Å². The van der Waals surface area contributed by atoms with Crippen LogP contribution in [0.2, 0.25) is 0 Å². The number of hydrogen-bond acceptors (Lipinski definition) is 3. The number of benzene rings is 2. The van der Waals surface area contributed by atoms with Crippen LogP contribution in [0.5, 0.6) is 17.2 Å². The van der Waals surface area contributed by atoms with Crippen LogP contribution >= 0.6 is 0 Å². The molecular weight excluding hydrogens is 295 g/mol. The molecule has 2 aromatic carbocycles. The molecule has 2 atom stereocenters. The molecule has 4 heteroatoms. The van der Waals surface area contributed by atoms with Gasteiger partial charge in [0.1, 0.15) is 0 Å². The quantitative estimate of drug-likeness (QED) is 0.746. The van der Waals surface area contributed by atoms with Gasteiger partial charge in [0.25, 0.3) is 0 Å². The van der Waals surface area contributed by atoms with Crippen LogP contribution < -0.4 is 0 Å². The van der Waals surface area contributed by atoms with Crippen molar-refractivity contribution in [3.8, 4) is 17.2 Å². The Kier molecular flexibility index (Phi) is 2.69. The first-order chi connectivity index (χ1) is 8.63. The second-order valence-electron chi connectivity index (χ2n) is 4.35. The van der Waals surface area contributed by atoms with E-state index in [1.54, 1.807) is 24.3 Å². The molecule has 1 aliphatic rings. The molecule has 2 unspecified atom stereocenters. The van der Waals surface area contributed by atoms with Crippen LogP contribution in [0.4, 0.5) is 0 Å². The molecule has 0 saturated carbocycles. The molecular formula is C14H12O3Se. The number of phenolic OH excluding ortho intramolecular Hbond substituents is 3. The Morgan fingerprint density at radius 2 is 1.22 bits per heavy atom. The van der Waals surface area contributed by atoms with Crippen LogP contribution in [0.3, 0.4) is 0 Å². The molecule has 1 saturated heterocycles. The standard InChI is InChI=1S/C14H12O3Se/c15-10-3-1-8(2-4-10)13-14(18-13)9-5-11(16)7-12(17)6-9/h1-7,13-17H. The predicted molar refractivity (Wildman–Crippen MR) is 69.1 cm³/mol. The van der Waals surface area contributed by atoms with E-state index in [0.29, 0.717) is 24.6 Å². The second-order valence-corrected chi connectivity index (χ2v) is 7.05. The van der Waals surface area contributed by atoms with Gasteiger partial charge in [0.15, 0.2) is 0 Å². The molecule has 92 valence electrons. The molecule has 1 aliphatic heterocycles. The summed E-state index contributed by atoms with van der Waals surface area (Å²) < 4.78 is 0. The van der Waals surface area contributed by atoms with Crippen LogP contribution in [-0.2, 0) is 0 Å². The topological polar surface area (TPSA) is 60.7 Å². The van der Waals surface area contributed by atoms with Crippen molar-refractivity contribution in [3.63, 3.8) is 0 Å². The third-order valence-electron chi connectivity index (χ3n) is 2.97. The monoisotopic (exact) mass is 308 g/mol. The van der Waals surface area contributed by atoms with E-state index in [1.165, 1.54) is 11.6 Å². The van der Waals surface area contributed by atoms with Crippen molar-refractivity contribution < 1.29 is 15.3 Å². The van der Waals surface area contributed by atoms with Gasteiger partial charge in [-0.15, -0.1) is 0 Å². The average molecular weight is 307 g/mol. The Bertz CT molecular complexity index is 560. The van der Waals surface area contributed by atoms with Gasteiger partial charge in [0.2, 0.25) is 0 Å². The minimum atomic E-state index is 0.108. The van der Waals surface area contributed by atoms with Gasteiger partial charge in [0.05, 0.1) is 0 Å². The van der Waals surface area contributed by atoms with Crippen molar-refractivity contribution >= 4 is 15.0 Å². The summed E-state index contributed by atoms with van der Waals surface area (Å²) in [7, 11) is 0. The van der Waals surface area contributed by atoms with E-state index in [4.69, 9.17) is 0 Å². The molecule has 0 bridgehead atoms. The molecule has 0 aliphatic carbocycles. The van der Waals surface area contributed by atoms with Gasteiger partial charge in [-0.25, -0.2) is 0 Å². The van der Waals surface area contributed by atoms with E-state index < -0.39 is 0 Å². The summed E-state index contributed by atoms with van der Waals surface area (Å²) >= 11 is 0.442. The first-order valence-electron chi connectivity index (χ1n) is 5.61. The van der Waals surface area contributed by atoms with Gasteiger partial charge in [0, 0.05) is 0 Å². The Labute approximate surface area is 111 Å². The third kappa shape index (κ3) is 2.17. The van der Waals surface area contributed by atoms with E-state index >= 15 is 0 Å². The van der Waals surface area contributed by atoms with E-state index in [2.05, 4.69) is 0 Å². The van der Waals surface area contributed by atoms with Gasteiger partial charge in [-0.2, -0.15) is 0 Å². The SMILES string of the molecule is Oc1ccc(C2[Se]C2c2cc(O)cc(O)c2)cc1. The number of hydrogen-bond donors (Lipinski definition) is 3. The fraction of sp³-hybridized carbons (Fsp3) is 0.143. The van der Waals surface area contributed by atoms with Gasteiger partial charge < -0.3 is 0 Å². The Morgan fingerprint density at radius 3 is 1.83 bits per heavy atom. The number of aromatic hydroxyl groups is 3. The molecule has 18 heavy (non-hydrogen) atoms. The molecule has 0 radical (unpaired) electrons. The van der Waals surface area contributed by atoms with Crippen LogP contribution in [-0.4, -0.2) is 30.3 Å². The molecule has 2 aromatic rings. The fourth-order valence-electron chi connectivity index (χ4n) is 2.07. The second kappa shape index (κ2) is 4.23. The van der Waals surface area contributed by atoms with Gasteiger partial charge in [-0.05, 0) is 0 Å². The van der Waals surface area contributed by atoms with Gasteiger partial charge >= 0.3 is 111 Å². The van der Waals surface area contributed by atoms with Crippen LogP contribution in [0, 0.1) is 0 Å². The first-order valence-corrected chi connectivity index (χ1v) is 7.58. The van der Waals surface area contributed by atoms with Crippen molar-refractivity contribution in [2.45, 2.75) is 9.63 Å². The van der Waals surface area contributed by atoms with Crippen LogP contribution in [0.25, 0.3) is 0 Å². The maximum atomic E-state index is 9.48. The average Bonchev–Trinajstić information content (AvgIpc) is 3.08. The summed E-state index contributed by atoms with van der Waals surface area (Å²) in [5, 5.41) is 28.2.